The first-order chi connectivity index (χ1) is 15.5. The number of Topliss-reactive ketones (excluding diaryl/α,β-unsaturated/α-hetero) is 1. The Labute approximate surface area is 193 Å². The molecule has 0 saturated heterocycles. The zero-order chi connectivity index (χ0) is 22.7. The zero-order valence-corrected chi connectivity index (χ0v) is 19.0. The summed E-state index contributed by atoms with van der Waals surface area (Å²) in [5, 5.41) is 3.98. The molecule has 4 rings (SSSR count). The van der Waals surface area contributed by atoms with E-state index in [1.807, 2.05) is 55.5 Å². The van der Waals surface area contributed by atoms with Crippen molar-refractivity contribution in [3.63, 3.8) is 0 Å². The molecular formula is C26H26ClNO4. The molecule has 0 saturated carbocycles. The van der Waals surface area contributed by atoms with Crippen molar-refractivity contribution >= 4 is 23.4 Å². The third-order valence-electron chi connectivity index (χ3n) is 5.80. The van der Waals surface area contributed by atoms with Gasteiger partial charge >= 0.3 is 5.97 Å². The number of dihydropyridines is 1. The molecule has 1 aliphatic heterocycles. The Bertz CT molecular complexity index is 1080. The molecule has 166 valence electrons. The Balaban J connectivity index is 1.62. The fourth-order valence-electron chi connectivity index (χ4n) is 4.30. The molecule has 6 heteroatoms. The quantitative estimate of drug-likeness (QED) is 0.591. The smallest absolute Gasteiger partial charge is 0.336 e. The summed E-state index contributed by atoms with van der Waals surface area (Å²) in [6.07, 6.45) is 2.11. The monoisotopic (exact) mass is 451 g/mol. The van der Waals surface area contributed by atoms with Crippen LogP contribution >= 0.6 is 11.6 Å². The van der Waals surface area contributed by atoms with E-state index in [0.29, 0.717) is 34.9 Å². The molecule has 0 amide bonds. The van der Waals surface area contributed by atoms with Crippen molar-refractivity contribution in [3.8, 4) is 5.75 Å². The van der Waals surface area contributed by atoms with Crippen LogP contribution in [0, 0.1) is 0 Å². The number of hydrogen-bond acceptors (Lipinski definition) is 5. The van der Waals surface area contributed by atoms with Crippen LogP contribution in [0.3, 0.4) is 0 Å². The molecule has 1 heterocycles. The van der Waals surface area contributed by atoms with E-state index >= 15 is 0 Å². The number of carbonyl (C=O) groups excluding carboxylic acids is 2. The lowest BCUT2D eigenvalue weighted by Gasteiger charge is -2.34. The molecule has 2 aromatic rings. The summed E-state index contributed by atoms with van der Waals surface area (Å²) in [7, 11) is 0. The van der Waals surface area contributed by atoms with Gasteiger partial charge in [-0.05, 0) is 62.1 Å². The predicted octanol–water partition coefficient (Wildman–Crippen LogP) is 5.45. The van der Waals surface area contributed by atoms with E-state index in [1.165, 1.54) is 0 Å². The average molecular weight is 452 g/mol. The van der Waals surface area contributed by atoms with E-state index < -0.39 is 11.9 Å². The van der Waals surface area contributed by atoms with Crippen LogP contribution < -0.4 is 10.1 Å². The Morgan fingerprint density at radius 1 is 1.09 bits per heavy atom. The highest BCUT2D eigenvalue weighted by atomic mass is 35.5. The molecule has 1 N–H and O–H groups in total. The van der Waals surface area contributed by atoms with Crippen molar-refractivity contribution < 1.29 is 19.1 Å². The minimum absolute atomic E-state index is 0.0844. The van der Waals surface area contributed by atoms with E-state index in [-0.39, 0.29) is 12.4 Å². The summed E-state index contributed by atoms with van der Waals surface area (Å²) in [4.78, 5) is 25.7. The first-order valence-electron chi connectivity index (χ1n) is 10.9. The van der Waals surface area contributed by atoms with E-state index in [9.17, 15) is 9.59 Å². The molecule has 32 heavy (non-hydrogen) atoms. The molecule has 0 unspecified atom stereocenters. The number of halogens is 1. The topological polar surface area (TPSA) is 64.6 Å². The molecule has 2 aromatic carbocycles. The summed E-state index contributed by atoms with van der Waals surface area (Å²) in [5.74, 6) is -0.0415. The second-order valence-corrected chi connectivity index (χ2v) is 8.41. The van der Waals surface area contributed by atoms with Crippen molar-refractivity contribution in [1.82, 2.24) is 5.32 Å². The molecular weight excluding hydrogens is 426 g/mol. The van der Waals surface area contributed by atoms with Gasteiger partial charge in [0.1, 0.15) is 12.4 Å². The number of nitrogens with one attached hydrogen (secondary N) is 1. The maximum Gasteiger partial charge on any atom is 0.336 e. The maximum atomic E-state index is 12.9. The molecule has 0 aromatic heterocycles. The van der Waals surface area contributed by atoms with Gasteiger partial charge in [0.05, 0.1) is 12.2 Å². The summed E-state index contributed by atoms with van der Waals surface area (Å²) >= 11 is 5.93. The highest BCUT2D eigenvalue weighted by Gasteiger charge is 2.38. The Morgan fingerprint density at radius 2 is 1.81 bits per heavy atom. The highest BCUT2D eigenvalue weighted by molar-refractivity contribution is 6.30. The van der Waals surface area contributed by atoms with Gasteiger partial charge in [-0.1, -0.05) is 35.9 Å². The molecule has 0 fully saturated rings. The van der Waals surface area contributed by atoms with Crippen LogP contribution in [-0.4, -0.2) is 18.4 Å². The van der Waals surface area contributed by atoms with Gasteiger partial charge in [0.2, 0.25) is 0 Å². The SMILES string of the molecule is CCOC(=O)C1=C(C)NC2=C(C(=O)CCC2)[C@H]1c1ccc(OCc2ccc(Cl)cc2)cc1. The van der Waals surface area contributed by atoms with Crippen LogP contribution in [0.25, 0.3) is 0 Å². The lowest BCUT2D eigenvalue weighted by Crippen LogP contribution is -2.34. The Morgan fingerprint density at radius 3 is 2.50 bits per heavy atom. The lowest BCUT2D eigenvalue weighted by atomic mass is 9.75. The average Bonchev–Trinajstić information content (AvgIpc) is 2.78. The molecule has 0 bridgehead atoms. The second-order valence-electron chi connectivity index (χ2n) is 7.97. The van der Waals surface area contributed by atoms with Crippen LogP contribution in [0.1, 0.15) is 50.2 Å². The maximum absolute atomic E-state index is 12.9. The van der Waals surface area contributed by atoms with E-state index in [4.69, 9.17) is 21.1 Å². The third-order valence-corrected chi connectivity index (χ3v) is 6.06. The molecule has 1 aliphatic carbocycles. The van der Waals surface area contributed by atoms with Gasteiger partial charge in [-0.15, -0.1) is 0 Å². The van der Waals surface area contributed by atoms with Crippen molar-refractivity contribution in [2.75, 3.05) is 6.61 Å². The first-order valence-corrected chi connectivity index (χ1v) is 11.2. The van der Waals surface area contributed by atoms with Gasteiger partial charge < -0.3 is 14.8 Å². The number of ether oxygens (including phenoxy) is 2. The zero-order valence-electron chi connectivity index (χ0n) is 18.2. The minimum Gasteiger partial charge on any atom is -0.489 e. The number of rotatable bonds is 6. The Hall–Kier alpha value is -3.05. The van der Waals surface area contributed by atoms with Crippen molar-refractivity contribution in [1.29, 1.82) is 0 Å². The molecule has 1 atom stereocenters. The number of esters is 1. The number of hydrogen-bond donors (Lipinski definition) is 1. The van der Waals surface area contributed by atoms with Crippen LogP contribution in [0.4, 0.5) is 0 Å². The van der Waals surface area contributed by atoms with Crippen LogP contribution in [0.15, 0.2) is 71.1 Å². The van der Waals surface area contributed by atoms with Gasteiger partial charge in [0.25, 0.3) is 0 Å². The van der Waals surface area contributed by atoms with Crippen LogP contribution in [0.5, 0.6) is 5.75 Å². The van der Waals surface area contributed by atoms with E-state index in [2.05, 4.69) is 5.32 Å². The van der Waals surface area contributed by atoms with Crippen molar-refractivity contribution in [2.45, 2.75) is 45.6 Å². The third kappa shape index (κ3) is 4.58. The summed E-state index contributed by atoms with van der Waals surface area (Å²) < 4.78 is 11.2. The van der Waals surface area contributed by atoms with Gasteiger partial charge in [-0.25, -0.2) is 4.79 Å². The Kier molecular flexibility index (Phi) is 6.66. The number of carbonyl (C=O) groups is 2. The number of allylic oxidation sites excluding steroid dienone is 3. The summed E-state index contributed by atoms with van der Waals surface area (Å²) in [6.45, 7) is 4.35. The van der Waals surface area contributed by atoms with Gasteiger partial charge in [0, 0.05) is 34.3 Å². The number of ketones is 1. The van der Waals surface area contributed by atoms with Crippen molar-refractivity contribution in [2.24, 2.45) is 0 Å². The first kappa shape index (κ1) is 22.2. The normalized spacial score (nSPS) is 18.2. The summed E-state index contributed by atoms with van der Waals surface area (Å²) in [6, 6.07) is 15.1. The number of benzene rings is 2. The largest absolute Gasteiger partial charge is 0.489 e. The lowest BCUT2D eigenvalue weighted by molar-refractivity contribution is -0.138. The predicted molar refractivity (Wildman–Crippen MR) is 123 cm³/mol. The standard InChI is InChI=1S/C26H26ClNO4/c1-3-31-26(30)23-16(2)28-21-5-4-6-22(29)25(21)24(23)18-9-13-20(14-10-18)32-15-17-7-11-19(27)12-8-17/h7-14,24,28H,3-6,15H2,1-2H3/t24-/m0/s1. The molecule has 5 nitrogen and oxygen atoms in total. The fourth-order valence-corrected chi connectivity index (χ4v) is 4.43. The molecule has 2 aliphatic rings. The van der Waals surface area contributed by atoms with E-state index in [1.54, 1.807) is 6.92 Å². The second kappa shape index (κ2) is 9.61. The van der Waals surface area contributed by atoms with E-state index in [0.717, 1.165) is 35.4 Å². The molecule has 0 spiro atoms. The van der Waals surface area contributed by atoms with Gasteiger partial charge in [-0.2, -0.15) is 0 Å². The summed E-state index contributed by atoms with van der Waals surface area (Å²) in [5.41, 5.74) is 4.72. The minimum atomic E-state index is -0.441. The van der Waals surface area contributed by atoms with Gasteiger partial charge in [0.15, 0.2) is 5.78 Å². The van der Waals surface area contributed by atoms with Crippen LogP contribution in [-0.2, 0) is 20.9 Å². The van der Waals surface area contributed by atoms with Gasteiger partial charge in [-0.3, -0.25) is 4.79 Å². The highest BCUT2D eigenvalue weighted by Crippen LogP contribution is 2.42. The fraction of sp³-hybridized carbons (Fsp3) is 0.308. The van der Waals surface area contributed by atoms with Crippen LogP contribution in [0.2, 0.25) is 5.02 Å². The van der Waals surface area contributed by atoms with Crippen molar-refractivity contribution in [3.05, 3.63) is 87.2 Å². The molecule has 0 radical (unpaired) electrons.